The molecule has 46 heavy (non-hydrogen) atoms. The van der Waals surface area contributed by atoms with E-state index in [4.69, 9.17) is 0 Å². The molecule has 0 heterocycles. The summed E-state index contributed by atoms with van der Waals surface area (Å²) in [7, 11) is 0. The van der Waals surface area contributed by atoms with Gasteiger partial charge >= 0.3 is 5.97 Å². The van der Waals surface area contributed by atoms with Crippen LogP contribution in [0.2, 0.25) is 0 Å². The fraction of sp³-hybridized carbons (Fsp3) is 0.881. The molecule has 0 fully saturated rings. The van der Waals surface area contributed by atoms with Gasteiger partial charge in [-0.05, 0) is 77.0 Å². The predicted octanol–water partition coefficient (Wildman–Crippen LogP) is 12.7. The average Bonchev–Trinajstić information content (AvgIpc) is 3.05. The topological polar surface area (TPSA) is 57.5 Å². The first-order valence-corrected chi connectivity index (χ1v) is 20.6. The first-order chi connectivity index (χ1) is 22.6. The quantitative estimate of drug-likeness (QED) is 0.0398. The van der Waals surface area contributed by atoms with Gasteiger partial charge in [0.25, 0.3) is 0 Å². The number of carboxylic acids is 1. The number of aliphatic hydroxyl groups is 1. The summed E-state index contributed by atoms with van der Waals surface area (Å²) >= 11 is 0. The van der Waals surface area contributed by atoms with E-state index in [1.54, 1.807) is 0 Å². The summed E-state index contributed by atoms with van der Waals surface area (Å²) in [5.41, 5.74) is 0. The highest BCUT2D eigenvalue weighted by atomic mass is 16.4. The van der Waals surface area contributed by atoms with E-state index in [0.717, 1.165) is 30.4 Å². The summed E-state index contributed by atoms with van der Waals surface area (Å²) in [5.74, 6) is -0.710. The molecule has 0 radical (unpaired) electrons. The number of aliphatic carboxylic acids is 1. The molecular weight excluding hydrogens is 566 g/mol. The molecule has 0 aliphatic heterocycles. The van der Waals surface area contributed by atoms with Crippen molar-refractivity contribution < 1.29 is 19.5 Å². The lowest BCUT2D eigenvalue weighted by Crippen LogP contribution is -2.52. The normalized spacial score (nSPS) is 13.3. The smallest absolute Gasteiger partial charge is 0.309 e. The van der Waals surface area contributed by atoms with Crippen LogP contribution in [0.4, 0.5) is 0 Å². The number of nitrogens with zero attached hydrogens (tertiary/aromatic N) is 1. The monoisotopic (exact) mass is 649 g/mol. The minimum Gasteiger partial charge on any atom is -0.481 e. The Hall–Kier alpha value is -1.13. The zero-order valence-corrected chi connectivity index (χ0v) is 31.3. The van der Waals surface area contributed by atoms with Gasteiger partial charge in [-0.25, -0.2) is 0 Å². The number of quaternary nitrogens is 1. The van der Waals surface area contributed by atoms with Gasteiger partial charge in [-0.3, -0.25) is 4.79 Å². The highest BCUT2D eigenvalue weighted by Crippen LogP contribution is 2.18. The number of unbranched alkanes of at least 4 members (excludes halogenated alkanes) is 25. The molecule has 0 saturated heterocycles. The van der Waals surface area contributed by atoms with Crippen molar-refractivity contribution in [2.45, 2.75) is 206 Å². The van der Waals surface area contributed by atoms with E-state index < -0.39 is 5.97 Å². The van der Waals surface area contributed by atoms with Crippen molar-refractivity contribution in [3.8, 4) is 0 Å². The van der Waals surface area contributed by atoms with Crippen LogP contribution < -0.4 is 0 Å². The Balaban J connectivity index is 4.01. The van der Waals surface area contributed by atoms with Gasteiger partial charge < -0.3 is 14.7 Å². The third kappa shape index (κ3) is 32.8. The lowest BCUT2D eigenvalue weighted by molar-refractivity contribution is -0.928. The first-order valence-electron chi connectivity index (χ1n) is 20.6. The maximum Gasteiger partial charge on any atom is 0.309 e. The van der Waals surface area contributed by atoms with Gasteiger partial charge in [-0.1, -0.05) is 147 Å². The van der Waals surface area contributed by atoms with Crippen LogP contribution in [0, 0.1) is 0 Å². The van der Waals surface area contributed by atoms with E-state index >= 15 is 0 Å². The van der Waals surface area contributed by atoms with E-state index in [0.29, 0.717) is 13.1 Å². The molecule has 0 amide bonds. The Kier molecular flexibility index (Phi) is 35.8. The van der Waals surface area contributed by atoms with Gasteiger partial charge in [0, 0.05) is 0 Å². The number of hydrogen-bond donors (Lipinski definition) is 2. The van der Waals surface area contributed by atoms with Gasteiger partial charge in [0.1, 0.15) is 6.54 Å². The largest absolute Gasteiger partial charge is 0.481 e. The fourth-order valence-electron chi connectivity index (χ4n) is 6.78. The van der Waals surface area contributed by atoms with Gasteiger partial charge in [0.2, 0.25) is 0 Å². The number of rotatable bonds is 38. The zero-order chi connectivity index (χ0) is 33.7. The Morgan fingerprint density at radius 3 is 1.04 bits per heavy atom. The molecule has 0 saturated carbocycles. The first kappa shape index (κ1) is 44.9. The maximum absolute atomic E-state index is 11.4. The van der Waals surface area contributed by atoms with E-state index in [9.17, 15) is 15.0 Å². The molecule has 4 nitrogen and oxygen atoms in total. The second-order valence-corrected chi connectivity index (χ2v) is 14.3. The van der Waals surface area contributed by atoms with Crippen molar-refractivity contribution in [1.29, 1.82) is 0 Å². The van der Waals surface area contributed by atoms with Crippen molar-refractivity contribution in [3.05, 3.63) is 24.3 Å². The lowest BCUT2D eigenvalue weighted by Gasteiger charge is -2.38. The molecule has 0 bridgehead atoms. The van der Waals surface area contributed by atoms with E-state index in [1.165, 1.54) is 173 Å². The van der Waals surface area contributed by atoms with Crippen molar-refractivity contribution in [3.63, 3.8) is 0 Å². The Bertz CT molecular complexity index is 676. The van der Waals surface area contributed by atoms with Gasteiger partial charge in [-0.15, -0.1) is 0 Å². The third-order valence-electron chi connectivity index (χ3n) is 9.91. The van der Waals surface area contributed by atoms with Crippen LogP contribution in [0.3, 0.4) is 0 Å². The molecule has 2 N–H and O–H groups in total. The molecule has 1 atom stereocenters. The lowest BCUT2D eigenvalue weighted by atomic mass is 10.1. The molecule has 272 valence electrons. The molecular formula is C42H82NO3+. The van der Waals surface area contributed by atoms with Gasteiger partial charge in [0.05, 0.1) is 32.7 Å². The molecule has 0 aliphatic rings. The second kappa shape index (κ2) is 36.7. The minimum absolute atomic E-state index is 0.152. The molecule has 0 aromatic heterocycles. The number of aliphatic hydroxyl groups excluding tert-OH is 1. The molecule has 4 heteroatoms. The van der Waals surface area contributed by atoms with Crippen LogP contribution in [-0.2, 0) is 4.79 Å². The average molecular weight is 649 g/mol. The van der Waals surface area contributed by atoms with E-state index in [1.807, 2.05) is 0 Å². The van der Waals surface area contributed by atoms with Crippen LogP contribution in [0.5, 0.6) is 0 Å². The van der Waals surface area contributed by atoms with E-state index in [2.05, 4.69) is 38.2 Å². The van der Waals surface area contributed by atoms with Gasteiger partial charge in [-0.2, -0.15) is 0 Å². The summed E-state index contributed by atoms with van der Waals surface area (Å²) in [6.07, 6.45) is 47.8. The van der Waals surface area contributed by atoms with Gasteiger partial charge in [0.15, 0.2) is 0 Å². The molecule has 0 rings (SSSR count). The summed E-state index contributed by atoms with van der Waals surface area (Å²) in [5, 5.41) is 19.3. The molecule has 1 unspecified atom stereocenters. The fourth-order valence-corrected chi connectivity index (χ4v) is 6.78. The zero-order valence-electron chi connectivity index (χ0n) is 31.3. The minimum atomic E-state index is -0.710. The highest BCUT2D eigenvalue weighted by Gasteiger charge is 2.27. The second-order valence-electron chi connectivity index (χ2n) is 14.3. The van der Waals surface area contributed by atoms with Crippen LogP contribution in [-0.4, -0.2) is 53.5 Å². The predicted molar refractivity (Wildman–Crippen MR) is 203 cm³/mol. The standard InChI is InChI=1S/C42H81NO3/c1-3-5-7-9-11-13-15-17-19-21-23-25-27-29-31-33-35-38-43(40-41-44,39-36-42(45)46)37-34-32-30-28-26-24-22-20-18-16-14-12-10-8-6-4-2/h17-20,44H,3-16,21-41H2,1-2H3/p+1/b19-17-,20-18-. The summed E-state index contributed by atoms with van der Waals surface area (Å²) in [6, 6.07) is 0. The van der Waals surface area contributed by atoms with Crippen molar-refractivity contribution >= 4 is 5.97 Å². The summed E-state index contributed by atoms with van der Waals surface area (Å²) < 4.78 is 0.789. The number of allylic oxidation sites excluding steroid dienone is 4. The summed E-state index contributed by atoms with van der Waals surface area (Å²) in [6.45, 7) is 8.10. The Morgan fingerprint density at radius 1 is 0.435 bits per heavy atom. The number of hydrogen-bond acceptors (Lipinski definition) is 2. The highest BCUT2D eigenvalue weighted by molar-refractivity contribution is 5.66. The number of carboxylic acid groups (broad SMARTS) is 1. The Morgan fingerprint density at radius 2 is 0.739 bits per heavy atom. The van der Waals surface area contributed by atoms with Crippen molar-refractivity contribution in [2.24, 2.45) is 0 Å². The van der Waals surface area contributed by atoms with Crippen LogP contribution in [0.15, 0.2) is 24.3 Å². The van der Waals surface area contributed by atoms with Crippen LogP contribution in [0.25, 0.3) is 0 Å². The summed E-state index contributed by atoms with van der Waals surface area (Å²) in [4.78, 5) is 11.4. The third-order valence-corrected chi connectivity index (χ3v) is 9.91. The molecule has 0 aromatic carbocycles. The maximum atomic E-state index is 11.4. The number of carbonyl (C=O) groups is 1. The van der Waals surface area contributed by atoms with E-state index in [-0.39, 0.29) is 13.0 Å². The van der Waals surface area contributed by atoms with Crippen LogP contribution >= 0.6 is 0 Å². The molecule has 0 aromatic rings. The van der Waals surface area contributed by atoms with Crippen LogP contribution in [0.1, 0.15) is 206 Å². The molecule has 0 aliphatic carbocycles. The SMILES string of the molecule is CCCCCCCC/C=C\CCCCCCCCC[N+](CCO)(CCCCCCCC/C=C\CCCCCCCC)CCC(=O)O. The Labute approximate surface area is 288 Å². The van der Waals surface area contributed by atoms with Crippen molar-refractivity contribution in [2.75, 3.05) is 32.8 Å². The molecule has 0 spiro atoms. The van der Waals surface area contributed by atoms with Crippen molar-refractivity contribution in [1.82, 2.24) is 0 Å².